The van der Waals surface area contributed by atoms with E-state index in [0.717, 1.165) is 43.4 Å². The minimum atomic E-state index is -0.592. The lowest BCUT2D eigenvalue weighted by Crippen LogP contribution is -2.43. The SMILES string of the molecule is CCCCC(C)(Cl)C1NC(=O)/C(=C/C2=CC=C(OC)CC2)O1. The van der Waals surface area contributed by atoms with E-state index in [1.54, 1.807) is 13.2 Å². The first-order chi connectivity index (χ1) is 10.5. The average molecular weight is 326 g/mol. The summed E-state index contributed by atoms with van der Waals surface area (Å²) < 4.78 is 11.0. The quantitative estimate of drug-likeness (QED) is 0.597. The van der Waals surface area contributed by atoms with Crippen LogP contribution in [0.2, 0.25) is 0 Å². The first kappa shape index (κ1) is 16.9. The van der Waals surface area contributed by atoms with E-state index in [0.29, 0.717) is 5.76 Å². The minimum Gasteiger partial charge on any atom is -0.501 e. The number of alkyl halides is 1. The zero-order chi connectivity index (χ0) is 16.2. The van der Waals surface area contributed by atoms with Gasteiger partial charge < -0.3 is 14.8 Å². The Bertz CT molecular complexity index is 520. The van der Waals surface area contributed by atoms with Gasteiger partial charge in [0.05, 0.1) is 17.7 Å². The van der Waals surface area contributed by atoms with Crippen LogP contribution in [-0.2, 0) is 14.3 Å². The molecule has 2 rings (SSSR count). The highest BCUT2D eigenvalue weighted by Gasteiger charge is 2.41. The summed E-state index contributed by atoms with van der Waals surface area (Å²) in [4.78, 5) is 11.5. The first-order valence-corrected chi connectivity index (χ1v) is 8.16. The third-order valence-electron chi connectivity index (χ3n) is 4.02. The van der Waals surface area contributed by atoms with Crippen molar-refractivity contribution in [3.05, 3.63) is 35.3 Å². The van der Waals surface area contributed by atoms with E-state index in [2.05, 4.69) is 12.2 Å². The van der Waals surface area contributed by atoms with Gasteiger partial charge in [-0.15, -0.1) is 11.6 Å². The van der Waals surface area contributed by atoms with Gasteiger partial charge in [0.15, 0.2) is 12.0 Å². The van der Waals surface area contributed by atoms with Crippen LogP contribution in [0.5, 0.6) is 0 Å². The van der Waals surface area contributed by atoms with Crippen molar-refractivity contribution in [2.45, 2.75) is 57.1 Å². The van der Waals surface area contributed by atoms with Crippen LogP contribution < -0.4 is 5.32 Å². The lowest BCUT2D eigenvalue weighted by Gasteiger charge is -2.27. The molecular formula is C17H24ClNO3. The van der Waals surface area contributed by atoms with Crippen LogP contribution in [0.1, 0.15) is 46.0 Å². The molecule has 122 valence electrons. The van der Waals surface area contributed by atoms with E-state index in [1.807, 2.05) is 19.1 Å². The number of halogens is 1. The predicted octanol–water partition coefficient (Wildman–Crippen LogP) is 3.78. The largest absolute Gasteiger partial charge is 0.501 e. The predicted molar refractivity (Wildman–Crippen MR) is 87.3 cm³/mol. The minimum absolute atomic E-state index is 0.198. The molecule has 1 fully saturated rings. The van der Waals surface area contributed by atoms with Crippen LogP contribution in [0.4, 0.5) is 0 Å². The summed E-state index contributed by atoms with van der Waals surface area (Å²) in [6, 6.07) is 0. The molecule has 1 amide bonds. The topological polar surface area (TPSA) is 47.6 Å². The van der Waals surface area contributed by atoms with Crippen molar-refractivity contribution >= 4 is 17.5 Å². The molecule has 1 saturated heterocycles. The fraction of sp³-hybridized carbons (Fsp3) is 0.588. The fourth-order valence-corrected chi connectivity index (χ4v) is 2.75. The van der Waals surface area contributed by atoms with Crippen molar-refractivity contribution in [1.29, 1.82) is 0 Å². The summed E-state index contributed by atoms with van der Waals surface area (Å²) in [5.74, 6) is 1.09. The molecule has 0 spiro atoms. The molecule has 4 nitrogen and oxygen atoms in total. The third-order valence-corrected chi connectivity index (χ3v) is 4.41. The smallest absolute Gasteiger partial charge is 0.289 e. The molecule has 2 unspecified atom stereocenters. The van der Waals surface area contributed by atoms with Gasteiger partial charge in [0.25, 0.3) is 5.91 Å². The maximum absolute atomic E-state index is 12.1. The summed E-state index contributed by atoms with van der Waals surface area (Å²) in [5.41, 5.74) is 1.05. The molecule has 1 aliphatic carbocycles. The normalized spacial score (nSPS) is 25.9. The highest BCUT2D eigenvalue weighted by Crippen LogP contribution is 2.32. The Hall–Kier alpha value is -1.42. The van der Waals surface area contributed by atoms with Crippen molar-refractivity contribution in [2.75, 3.05) is 7.11 Å². The van der Waals surface area contributed by atoms with Crippen molar-refractivity contribution < 1.29 is 14.3 Å². The Labute approximate surface area is 137 Å². The molecule has 22 heavy (non-hydrogen) atoms. The highest BCUT2D eigenvalue weighted by molar-refractivity contribution is 6.24. The van der Waals surface area contributed by atoms with Crippen LogP contribution >= 0.6 is 11.6 Å². The van der Waals surface area contributed by atoms with Gasteiger partial charge in [0.2, 0.25) is 0 Å². The van der Waals surface area contributed by atoms with Gasteiger partial charge in [-0.05, 0) is 37.5 Å². The maximum Gasteiger partial charge on any atom is 0.289 e. The number of carbonyl (C=O) groups excluding carboxylic acids is 1. The van der Waals surface area contributed by atoms with Crippen LogP contribution in [0.25, 0.3) is 0 Å². The molecule has 0 saturated carbocycles. The van der Waals surface area contributed by atoms with Gasteiger partial charge in [0, 0.05) is 6.42 Å². The zero-order valence-electron chi connectivity index (χ0n) is 13.4. The molecule has 5 heteroatoms. The number of ether oxygens (including phenoxy) is 2. The van der Waals surface area contributed by atoms with Crippen molar-refractivity contribution in [3.63, 3.8) is 0 Å². The molecule has 1 aliphatic heterocycles. The van der Waals surface area contributed by atoms with Crippen molar-refractivity contribution in [3.8, 4) is 0 Å². The van der Waals surface area contributed by atoms with E-state index < -0.39 is 11.1 Å². The standard InChI is InChI=1S/C17H24ClNO3/c1-4-5-10-17(2,18)16-19-15(20)14(22-16)11-12-6-8-13(21-3)9-7-12/h6,8,11,16H,4-5,7,9-10H2,1-3H3,(H,19,20)/b14-11-. The van der Waals surface area contributed by atoms with Gasteiger partial charge in [0.1, 0.15) is 0 Å². The van der Waals surface area contributed by atoms with Crippen molar-refractivity contribution in [2.24, 2.45) is 0 Å². The van der Waals surface area contributed by atoms with Crippen LogP contribution in [-0.4, -0.2) is 24.1 Å². The number of hydrogen-bond acceptors (Lipinski definition) is 3. The highest BCUT2D eigenvalue weighted by atomic mass is 35.5. The van der Waals surface area contributed by atoms with E-state index in [4.69, 9.17) is 21.1 Å². The number of rotatable bonds is 6. The molecule has 1 heterocycles. The van der Waals surface area contributed by atoms with Crippen LogP contribution in [0.3, 0.4) is 0 Å². The second-order valence-corrected chi connectivity index (χ2v) is 6.80. The summed E-state index contributed by atoms with van der Waals surface area (Å²) in [6.07, 6.45) is 9.73. The van der Waals surface area contributed by atoms with Crippen LogP contribution in [0.15, 0.2) is 35.3 Å². The first-order valence-electron chi connectivity index (χ1n) is 7.78. The van der Waals surface area contributed by atoms with Gasteiger partial charge in [-0.1, -0.05) is 25.8 Å². The molecular weight excluding hydrogens is 302 g/mol. The summed E-state index contributed by atoms with van der Waals surface area (Å²) in [5, 5.41) is 2.83. The van der Waals surface area contributed by atoms with Crippen LogP contribution in [0, 0.1) is 0 Å². The molecule has 0 bridgehead atoms. The van der Waals surface area contributed by atoms with E-state index >= 15 is 0 Å². The van der Waals surface area contributed by atoms with E-state index in [1.165, 1.54) is 0 Å². The van der Waals surface area contributed by atoms with Gasteiger partial charge in [-0.2, -0.15) is 0 Å². The molecule has 1 N–H and O–H groups in total. The molecule has 0 radical (unpaired) electrons. The Morgan fingerprint density at radius 2 is 2.27 bits per heavy atom. The number of allylic oxidation sites excluding steroid dienone is 5. The van der Waals surface area contributed by atoms with Gasteiger partial charge in [-0.25, -0.2) is 0 Å². The van der Waals surface area contributed by atoms with Gasteiger partial charge in [-0.3, -0.25) is 4.79 Å². The molecule has 2 aliphatic rings. The lowest BCUT2D eigenvalue weighted by molar-refractivity contribution is -0.116. The molecule has 2 atom stereocenters. The Kier molecular flexibility index (Phi) is 5.57. The lowest BCUT2D eigenvalue weighted by atomic mass is 10.0. The molecule has 0 aromatic carbocycles. The fourth-order valence-electron chi connectivity index (χ4n) is 2.52. The number of unbranched alkanes of at least 4 members (excludes halogenated alkanes) is 1. The number of hydrogen-bond donors (Lipinski definition) is 1. The second-order valence-electron chi connectivity index (χ2n) is 5.94. The van der Waals surface area contributed by atoms with E-state index in [-0.39, 0.29) is 5.91 Å². The van der Waals surface area contributed by atoms with Gasteiger partial charge >= 0.3 is 0 Å². The number of carbonyl (C=O) groups is 1. The number of amides is 1. The third kappa shape index (κ3) is 4.07. The molecule has 0 aromatic heterocycles. The zero-order valence-corrected chi connectivity index (χ0v) is 14.2. The summed E-state index contributed by atoms with van der Waals surface area (Å²) in [6.45, 7) is 4.02. The summed E-state index contributed by atoms with van der Waals surface area (Å²) >= 11 is 6.52. The monoisotopic (exact) mass is 325 g/mol. The summed E-state index contributed by atoms with van der Waals surface area (Å²) in [7, 11) is 1.67. The molecule has 0 aromatic rings. The Morgan fingerprint density at radius 3 is 2.86 bits per heavy atom. The second kappa shape index (κ2) is 7.23. The Balaban J connectivity index is 2.05. The average Bonchev–Trinajstić information content (AvgIpc) is 2.88. The maximum atomic E-state index is 12.1. The Morgan fingerprint density at radius 1 is 1.50 bits per heavy atom. The van der Waals surface area contributed by atoms with Crippen molar-refractivity contribution in [1.82, 2.24) is 5.32 Å². The number of methoxy groups -OCH3 is 1. The van der Waals surface area contributed by atoms with E-state index in [9.17, 15) is 4.79 Å². The number of nitrogens with one attached hydrogen (secondary N) is 1.